The zero-order chi connectivity index (χ0) is 20.2. The summed E-state index contributed by atoms with van der Waals surface area (Å²) < 4.78 is 5.92. The maximum Gasteiger partial charge on any atom is 0.298 e. The van der Waals surface area contributed by atoms with Gasteiger partial charge in [-0.25, -0.2) is 0 Å². The van der Waals surface area contributed by atoms with Crippen LogP contribution in [-0.2, 0) is 11.2 Å². The molecule has 1 N–H and O–H groups in total. The van der Waals surface area contributed by atoms with Crippen LogP contribution in [0.4, 0.5) is 6.01 Å². The van der Waals surface area contributed by atoms with Crippen LogP contribution < -0.4 is 10.2 Å². The second-order valence-electron chi connectivity index (χ2n) is 7.75. The summed E-state index contributed by atoms with van der Waals surface area (Å²) in [7, 11) is 0. The molecule has 1 fully saturated rings. The topological polar surface area (TPSA) is 58.4 Å². The highest BCUT2D eigenvalue weighted by Gasteiger charge is 2.28. The first-order valence-corrected chi connectivity index (χ1v) is 11.1. The van der Waals surface area contributed by atoms with E-state index in [1.54, 1.807) is 0 Å². The number of para-hydroxylation sites is 2. The molecule has 2 heterocycles. The molecule has 1 amide bonds. The van der Waals surface area contributed by atoms with Gasteiger partial charge in [-0.05, 0) is 42.7 Å². The highest BCUT2D eigenvalue weighted by molar-refractivity contribution is 7.99. The Labute approximate surface area is 175 Å². The van der Waals surface area contributed by atoms with Gasteiger partial charge in [0.25, 0.3) is 6.01 Å². The van der Waals surface area contributed by atoms with Crippen LogP contribution in [0.25, 0.3) is 11.1 Å². The van der Waals surface area contributed by atoms with E-state index in [0.717, 1.165) is 36.0 Å². The molecule has 1 aliphatic rings. The number of oxazole rings is 1. The molecular weight excluding hydrogens is 382 g/mol. The third-order valence-electron chi connectivity index (χ3n) is 5.10. The second-order valence-corrected chi connectivity index (χ2v) is 9.39. The number of nitrogens with zero attached hydrogens (tertiary/aromatic N) is 2. The lowest BCUT2D eigenvalue weighted by atomic mass is 10.1. The van der Waals surface area contributed by atoms with Crippen LogP contribution in [0.5, 0.6) is 0 Å². The van der Waals surface area contributed by atoms with Gasteiger partial charge >= 0.3 is 0 Å². The number of fused-ring (bicyclic) bond motifs is 1. The van der Waals surface area contributed by atoms with Crippen LogP contribution in [0.2, 0.25) is 0 Å². The number of carbonyl (C=O) groups excluding carboxylic acids is 1. The van der Waals surface area contributed by atoms with E-state index in [0.29, 0.717) is 24.2 Å². The Hall–Kier alpha value is -2.47. The second kappa shape index (κ2) is 8.91. The van der Waals surface area contributed by atoms with Gasteiger partial charge in [0.05, 0.1) is 12.5 Å². The normalized spacial score (nSPS) is 16.7. The van der Waals surface area contributed by atoms with Gasteiger partial charge in [-0.1, -0.05) is 38.1 Å². The van der Waals surface area contributed by atoms with Crippen LogP contribution >= 0.6 is 11.8 Å². The van der Waals surface area contributed by atoms with Gasteiger partial charge in [-0.2, -0.15) is 4.98 Å². The monoisotopic (exact) mass is 409 g/mol. The van der Waals surface area contributed by atoms with Crippen LogP contribution in [-0.4, -0.2) is 35.3 Å². The van der Waals surface area contributed by atoms with Crippen molar-refractivity contribution in [2.75, 3.05) is 18.0 Å². The molecule has 0 saturated carbocycles. The zero-order valence-corrected chi connectivity index (χ0v) is 17.7. The molecule has 0 bridgehead atoms. The molecule has 5 nitrogen and oxygen atoms in total. The van der Waals surface area contributed by atoms with E-state index in [2.05, 4.69) is 41.2 Å². The zero-order valence-electron chi connectivity index (χ0n) is 16.9. The molecule has 4 rings (SSSR count). The number of aromatic nitrogens is 1. The van der Waals surface area contributed by atoms with Crippen molar-refractivity contribution in [3.05, 3.63) is 54.1 Å². The molecule has 0 aliphatic carbocycles. The van der Waals surface area contributed by atoms with E-state index in [-0.39, 0.29) is 11.9 Å². The van der Waals surface area contributed by atoms with E-state index in [1.165, 1.54) is 4.90 Å². The van der Waals surface area contributed by atoms with E-state index >= 15 is 0 Å². The van der Waals surface area contributed by atoms with Crippen molar-refractivity contribution in [1.29, 1.82) is 0 Å². The third-order valence-corrected chi connectivity index (χ3v) is 6.12. The number of hydrogen-bond acceptors (Lipinski definition) is 5. The summed E-state index contributed by atoms with van der Waals surface area (Å²) in [6, 6.07) is 17.0. The van der Waals surface area contributed by atoms with Gasteiger partial charge < -0.3 is 14.6 Å². The minimum absolute atomic E-state index is 0.0543. The number of anilines is 1. The predicted octanol–water partition coefficient (Wildman–Crippen LogP) is 4.66. The Kier molecular flexibility index (Phi) is 6.09. The number of hydrogen-bond donors (Lipinski definition) is 1. The highest BCUT2D eigenvalue weighted by Crippen LogP contribution is 2.28. The van der Waals surface area contributed by atoms with Crippen molar-refractivity contribution in [3.8, 4) is 0 Å². The van der Waals surface area contributed by atoms with Gasteiger partial charge in [0, 0.05) is 23.2 Å². The summed E-state index contributed by atoms with van der Waals surface area (Å²) in [5, 5.41) is 3.65. The Morgan fingerprint density at radius 3 is 2.79 bits per heavy atom. The fourth-order valence-corrected chi connectivity index (χ4v) is 4.56. The number of thioether (sulfide) groups is 1. The third kappa shape index (κ3) is 4.93. The summed E-state index contributed by atoms with van der Waals surface area (Å²) in [6.07, 6.45) is 2.51. The Bertz CT molecular complexity index is 935. The summed E-state index contributed by atoms with van der Waals surface area (Å²) >= 11 is 1.83. The molecule has 1 saturated heterocycles. The first-order valence-electron chi connectivity index (χ1n) is 10.2. The molecule has 3 aromatic rings. The van der Waals surface area contributed by atoms with Crippen LogP contribution in [0.3, 0.4) is 0 Å². The molecule has 1 aliphatic heterocycles. The number of amides is 1. The minimum atomic E-state index is 0.0543. The molecular formula is C23H27N3O2S. The van der Waals surface area contributed by atoms with E-state index in [9.17, 15) is 4.79 Å². The lowest BCUT2D eigenvalue weighted by Gasteiger charge is -2.23. The highest BCUT2D eigenvalue weighted by atomic mass is 32.2. The maximum atomic E-state index is 12.4. The summed E-state index contributed by atoms with van der Waals surface area (Å²) in [5.74, 6) is 0.0543. The Morgan fingerprint density at radius 1 is 1.24 bits per heavy atom. The summed E-state index contributed by atoms with van der Waals surface area (Å²) in [6.45, 7) is 5.87. The Morgan fingerprint density at radius 2 is 2.03 bits per heavy atom. The van der Waals surface area contributed by atoms with Crippen molar-refractivity contribution in [2.24, 2.45) is 0 Å². The number of rotatable bonds is 7. The SMILES string of the molecule is CC(C)Sc1ccc(CC(=O)NCC2CCCN2c2nc3ccccc3o2)cc1. The van der Waals surface area contributed by atoms with Crippen molar-refractivity contribution in [3.63, 3.8) is 0 Å². The van der Waals surface area contributed by atoms with Gasteiger partial charge in [-0.15, -0.1) is 11.8 Å². The molecule has 6 heteroatoms. The van der Waals surface area contributed by atoms with E-state index in [4.69, 9.17) is 4.42 Å². The van der Waals surface area contributed by atoms with Crippen LogP contribution in [0, 0.1) is 0 Å². The first-order chi connectivity index (χ1) is 14.1. The van der Waals surface area contributed by atoms with E-state index in [1.807, 2.05) is 48.2 Å². The van der Waals surface area contributed by atoms with Crippen molar-refractivity contribution in [1.82, 2.24) is 10.3 Å². The molecule has 1 atom stereocenters. The first kappa shape index (κ1) is 19.8. The number of nitrogens with one attached hydrogen (secondary N) is 1. The molecule has 0 spiro atoms. The average Bonchev–Trinajstić information content (AvgIpc) is 3.33. The fraction of sp³-hybridized carbons (Fsp3) is 0.391. The quantitative estimate of drug-likeness (QED) is 0.575. The van der Waals surface area contributed by atoms with Crippen molar-refractivity contribution < 1.29 is 9.21 Å². The van der Waals surface area contributed by atoms with Crippen molar-refractivity contribution in [2.45, 2.75) is 49.3 Å². The van der Waals surface area contributed by atoms with Crippen molar-refractivity contribution >= 4 is 34.8 Å². The van der Waals surface area contributed by atoms with Crippen LogP contribution in [0.15, 0.2) is 57.8 Å². The smallest absolute Gasteiger partial charge is 0.298 e. The maximum absolute atomic E-state index is 12.4. The summed E-state index contributed by atoms with van der Waals surface area (Å²) in [5.41, 5.74) is 2.71. The molecule has 1 unspecified atom stereocenters. The standard InChI is InChI=1S/C23H27N3O2S/c1-16(2)29-19-11-9-17(10-12-19)14-22(27)24-15-18-6-5-13-26(18)23-25-20-7-3-4-8-21(20)28-23/h3-4,7-12,16,18H,5-6,13-15H2,1-2H3,(H,24,27). The van der Waals surface area contributed by atoms with Gasteiger partial charge in [-0.3, -0.25) is 4.79 Å². The predicted molar refractivity (Wildman–Crippen MR) is 119 cm³/mol. The van der Waals surface area contributed by atoms with Gasteiger partial charge in [0.1, 0.15) is 5.52 Å². The Balaban J connectivity index is 1.32. The number of carbonyl (C=O) groups is 1. The lowest BCUT2D eigenvalue weighted by Crippen LogP contribution is -2.40. The average molecular weight is 410 g/mol. The number of benzene rings is 2. The molecule has 0 radical (unpaired) electrons. The minimum Gasteiger partial charge on any atom is -0.423 e. The largest absolute Gasteiger partial charge is 0.423 e. The summed E-state index contributed by atoms with van der Waals surface area (Å²) in [4.78, 5) is 20.5. The van der Waals surface area contributed by atoms with Crippen LogP contribution in [0.1, 0.15) is 32.3 Å². The molecule has 152 valence electrons. The fourth-order valence-electron chi connectivity index (χ4n) is 3.72. The van der Waals surface area contributed by atoms with Gasteiger partial charge in [0.2, 0.25) is 5.91 Å². The van der Waals surface area contributed by atoms with E-state index < -0.39 is 0 Å². The lowest BCUT2D eigenvalue weighted by molar-refractivity contribution is -0.120. The molecule has 2 aromatic carbocycles. The molecule has 1 aromatic heterocycles. The molecule has 29 heavy (non-hydrogen) atoms. The van der Waals surface area contributed by atoms with Gasteiger partial charge in [0.15, 0.2) is 5.58 Å².